The molecule has 0 spiro atoms. The van der Waals surface area contributed by atoms with Crippen molar-refractivity contribution in [2.24, 2.45) is 0 Å². The van der Waals surface area contributed by atoms with E-state index in [0.29, 0.717) is 34.7 Å². The second-order valence-corrected chi connectivity index (χ2v) is 3.99. The van der Waals surface area contributed by atoms with Gasteiger partial charge in [0, 0.05) is 18.4 Å². The third kappa shape index (κ3) is 1.69. The van der Waals surface area contributed by atoms with Crippen LogP contribution in [0.5, 0.6) is 0 Å². The number of hydrogen-bond acceptors (Lipinski definition) is 3. The Kier molecular flexibility index (Phi) is 3.17. The molecule has 0 aliphatic rings. The zero-order chi connectivity index (χ0) is 13.3. The van der Waals surface area contributed by atoms with Gasteiger partial charge in [-0.1, -0.05) is 6.92 Å². The summed E-state index contributed by atoms with van der Waals surface area (Å²) in [5.74, 6) is 0. The largest absolute Gasteiger partial charge is 0.378 e. The molecule has 0 aliphatic carbocycles. The first-order valence-electron chi connectivity index (χ1n) is 5.63. The molecule has 0 aliphatic heterocycles. The van der Waals surface area contributed by atoms with Crippen LogP contribution in [0.15, 0.2) is 4.79 Å². The maximum absolute atomic E-state index is 12.3. The lowest BCUT2D eigenvalue weighted by Gasteiger charge is -2.06. The summed E-state index contributed by atoms with van der Waals surface area (Å²) < 4.78 is 6.39. The second kappa shape index (κ2) is 4.63. The number of aromatic amines is 1. The Bertz CT molecular complexity index is 691. The monoisotopic (exact) mass is 246 g/mol. The van der Waals surface area contributed by atoms with Gasteiger partial charge in [0.15, 0.2) is 5.65 Å². The zero-order valence-corrected chi connectivity index (χ0v) is 10.6. The molecule has 0 bridgehead atoms. The summed E-state index contributed by atoms with van der Waals surface area (Å²) in [6.45, 7) is 11.1. The van der Waals surface area contributed by atoms with Crippen LogP contribution in [0.2, 0.25) is 0 Å². The maximum atomic E-state index is 12.3. The highest BCUT2D eigenvalue weighted by Gasteiger charge is 2.16. The average Bonchev–Trinajstić information content (AvgIpc) is 2.66. The second-order valence-electron chi connectivity index (χ2n) is 3.99. The van der Waals surface area contributed by atoms with Crippen LogP contribution in [0, 0.1) is 13.5 Å². The fourth-order valence-electron chi connectivity index (χ4n) is 2.00. The van der Waals surface area contributed by atoms with Crippen LogP contribution < -0.4 is 5.56 Å². The van der Waals surface area contributed by atoms with Crippen molar-refractivity contribution in [3.05, 3.63) is 38.7 Å². The first kappa shape index (κ1) is 12.3. The molecule has 6 nitrogen and oxygen atoms in total. The molecule has 2 aromatic heterocycles. The summed E-state index contributed by atoms with van der Waals surface area (Å²) in [4.78, 5) is 20.1. The fourth-order valence-corrected chi connectivity index (χ4v) is 2.00. The van der Waals surface area contributed by atoms with Gasteiger partial charge in [-0.05, 0) is 13.3 Å². The number of nitrogens with one attached hydrogen (secondary N) is 1. The number of nitrogens with zero attached hydrogens (tertiary/aromatic N) is 3. The Morgan fingerprint density at radius 3 is 2.83 bits per heavy atom. The van der Waals surface area contributed by atoms with Crippen molar-refractivity contribution in [3.63, 3.8) is 0 Å². The van der Waals surface area contributed by atoms with E-state index in [1.165, 1.54) is 4.52 Å². The molecule has 0 amide bonds. The van der Waals surface area contributed by atoms with Gasteiger partial charge in [-0.25, -0.2) is 14.3 Å². The van der Waals surface area contributed by atoms with E-state index >= 15 is 0 Å². The summed E-state index contributed by atoms with van der Waals surface area (Å²) in [5.41, 5.74) is 2.46. The molecule has 94 valence electrons. The molecule has 2 aromatic rings. The lowest BCUT2D eigenvalue weighted by molar-refractivity contribution is 0.180. The van der Waals surface area contributed by atoms with Crippen LogP contribution >= 0.6 is 0 Å². The summed E-state index contributed by atoms with van der Waals surface area (Å²) in [6.07, 6.45) is 0.582. The summed E-state index contributed by atoms with van der Waals surface area (Å²) in [5, 5.41) is 2.88. The number of aromatic nitrogens is 3. The molecule has 0 aromatic carbocycles. The molecular formula is C12H14N4O2. The maximum Gasteiger partial charge on any atom is 0.274 e. The Balaban J connectivity index is 2.87. The van der Waals surface area contributed by atoms with Crippen molar-refractivity contribution in [2.75, 3.05) is 7.11 Å². The number of ether oxygens (including phenoxy) is 1. The van der Waals surface area contributed by atoms with Crippen molar-refractivity contribution in [1.82, 2.24) is 14.6 Å². The first-order chi connectivity index (χ1) is 8.63. The minimum Gasteiger partial charge on any atom is -0.378 e. The van der Waals surface area contributed by atoms with Crippen molar-refractivity contribution in [2.45, 2.75) is 26.9 Å². The molecular weight excluding hydrogens is 232 g/mol. The quantitative estimate of drug-likeness (QED) is 0.836. The van der Waals surface area contributed by atoms with E-state index in [0.717, 1.165) is 0 Å². The lowest BCUT2D eigenvalue weighted by atomic mass is 10.2. The van der Waals surface area contributed by atoms with Gasteiger partial charge in [0.1, 0.15) is 0 Å². The molecule has 0 fully saturated rings. The molecule has 2 heterocycles. The highest BCUT2D eigenvalue weighted by Crippen LogP contribution is 2.22. The standard InChI is InChI=1S/C12H14N4O2/c1-5-8-9(6-18-4)14-11-10(13-3)7(2)15-16(11)12(8)17/h15H,5-6H2,1-2,4H3. The van der Waals surface area contributed by atoms with Crippen LogP contribution in [-0.2, 0) is 17.8 Å². The van der Waals surface area contributed by atoms with Gasteiger partial charge in [0.25, 0.3) is 11.2 Å². The highest BCUT2D eigenvalue weighted by atomic mass is 16.5. The zero-order valence-electron chi connectivity index (χ0n) is 10.6. The van der Waals surface area contributed by atoms with Crippen LogP contribution in [0.1, 0.15) is 23.9 Å². The Hall–Kier alpha value is -2.13. The number of methoxy groups -OCH3 is 1. The van der Waals surface area contributed by atoms with Crippen molar-refractivity contribution in [1.29, 1.82) is 0 Å². The topological polar surface area (TPSA) is 63.8 Å². The molecule has 0 atom stereocenters. The van der Waals surface area contributed by atoms with E-state index in [1.54, 1.807) is 14.0 Å². The van der Waals surface area contributed by atoms with Gasteiger partial charge in [-0.3, -0.25) is 4.79 Å². The minimum atomic E-state index is -0.160. The summed E-state index contributed by atoms with van der Waals surface area (Å²) in [6, 6.07) is 0. The van der Waals surface area contributed by atoms with E-state index in [4.69, 9.17) is 11.3 Å². The van der Waals surface area contributed by atoms with E-state index in [9.17, 15) is 4.79 Å². The Morgan fingerprint density at radius 2 is 2.28 bits per heavy atom. The number of rotatable bonds is 3. The lowest BCUT2D eigenvalue weighted by Crippen LogP contribution is -2.22. The van der Waals surface area contributed by atoms with Gasteiger partial charge < -0.3 is 9.84 Å². The van der Waals surface area contributed by atoms with Crippen LogP contribution in [0.25, 0.3) is 10.5 Å². The average molecular weight is 246 g/mol. The van der Waals surface area contributed by atoms with Gasteiger partial charge in [-0.15, -0.1) is 0 Å². The van der Waals surface area contributed by atoms with Gasteiger partial charge in [0.2, 0.25) is 0 Å². The van der Waals surface area contributed by atoms with E-state index < -0.39 is 0 Å². The third-order valence-corrected chi connectivity index (χ3v) is 2.86. The Morgan fingerprint density at radius 1 is 1.56 bits per heavy atom. The smallest absolute Gasteiger partial charge is 0.274 e. The molecule has 6 heteroatoms. The SMILES string of the molecule is [C-]#[N+]c1c(C)[nH]n2c(=O)c(CC)c(COC)nc12. The predicted molar refractivity (Wildman–Crippen MR) is 66.9 cm³/mol. The molecule has 2 rings (SSSR count). The number of H-pyrrole nitrogens is 1. The predicted octanol–water partition coefficient (Wildman–Crippen LogP) is 1.59. The minimum absolute atomic E-state index is 0.160. The summed E-state index contributed by atoms with van der Waals surface area (Å²) in [7, 11) is 1.56. The first-order valence-corrected chi connectivity index (χ1v) is 5.63. The number of hydrogen-bond donors (Lipinski definition) is 1. The molecule has 1 N–H and O–H groups in total. The van der Waals surface area contributed by atoms with Gasteiger partial charge >= 0.3 is 0 Å². The molecule has 18 heavy (non-hydrogen) atoms. The van der Waals surface area contributed by atoms with E-state index in [1.807, 2.05) is 6.92 Å². The number of fused-ring (bicyclic) bond motifs is 1. The highest BCUT2D eigenvalue weighted by molar-refractivity contribution is 5.71. The van der Waals surface area contributed by atoms with Gasteiger partial charge in [-0.2, -0.15) is 0 Å². The van der Waals surface area contributed by atoms with Crippen LogP contribution in [0.3, 0.4) is 0 Å². The molecule has 0 unspecified atom stereocenters. The van der Waals surface area contributed by atoms with Gasteiger partial charge in [0.05, 0.1) is 18.9 Å². The van der Waals surface area contributed by atoms with E-state index in [-0.39, 0.29) is 12.2 Å². The van der Waals surface area contributed by atoms with Crippen LogP contribution in [-0.4, -0.2) is 21.7 Å². The molecule has 0 radical (unpaired) electrons. The molecule has 0 saturated carbocycles. The van der Waals surface area contributed by atoms with E-state index in [2.05, 4.69) is 14.9 Å². The fraction of sp³-hybridized carbons (Fsp3) is 0.417. The van der Waals surface area contributed by atoms with Crippen molar-refractivity contribution >= 4 is 11.3 Å². The summed E-state index contributed by atoms with van der Waals surface area (Å²) >= 11 is 0. The third-order valence-electron chi connectivity index (χ3n) is 2.86. The normalized spacial score (nSPS) is 10.8. The van der Waals surface area contributed by atoms with Crippen molar-refractivity contribution in [3.8, 4) is 0 Å². The number of aryl methyl sites for hydroxylation is 1. The van der Waals surface area contributed by atoms with Crippen molar-refractivity contribution < 1.29 is 4.74 Å². The Labute approximate surface area is 104 Å². The van der Waals surface area contributed by atoms with Crippen LogP contribution in [0.4, 0.5) is 5.69 Å². The molecule has 0 saturated heterocycles.